The van der Waals surface area contributed by atoms with Crippen LogP contribution in [0.1, 0.15) is 24.9 Å². The number of rotatable bonds is 4. The number of nitrogens with zero attached hydrogens (tertiary/aromatic N) is 2. The van der Waals surface area contributed by atoms with E-state index in [0.717, 1.165) is 26.2 Å². The van der Waals surface area contributed by atoms with E-state index in [2.05, 4.69) is 28.9 Å². The lowest BCUT2D eigenvalue weighted by atomic mass is 10.0. The summed E-state index contributed by atoms with van der Waals surface area (Å²) in [5, 5.41) is 0. The fourth-order valence-corrected chi connectivity index (χ4v) is 2.48. The Hall–Kier alpha value is -0.970. The van der Waals surface area contributed by atoms with Crippen molar-refractivity contribution in [1.29, 1.82) is 0 Å². The second-order valence-corrected chi connectivity index (χ2v) is 4.41. The number of nitrogens with two attached hydrogens (primary N) is 1. The minimum absolute atomic E-state index is 0.284. The second-order valence-electron chi connectivity index (χ2n) is 4.41. The molecule has 1 aromatic heterocycles. The summed E-state index contributed by atoms with van der Waals surface area (Å²) in [6.07, 6.45) is 4.76. The number of pyridine rings is 1. The molecule has 17 heavy (non-hydrogen) atoms. The SMILES string of the molecule is CCC1COCCN1C(CN)c1ccncc1. The van der Waals surface area contributed by atoms with E-state index in [4.69, 9.17) is 10.5 Å². The molecule has 0 aromatic carbocycles. The Bertz CT molecular complexity index is 331. The van der Waals surface area contributed by atoms with Gasteiger partial charge in [-0.05, 0) is 24.1 Å². The van der Waals surface area contributed by atoms with Gasteiger partial charge in [0.05, 0.1) is 13.2 Å². The molecule has 0 radical (unpaired) electrons. The summed E-state index contributed by atoms with van der Waals surface area (Å²) < 4.78 is 5.54. The maximum absolute atomic E-state index is 5.95. The van der Waals surface area contributed by atoms with Crippen molar-refractivity contribution in [3.05, 3.63) is 30.1 Å². The smallest absolute Gasteiger partial charge is 0.0622 e. The molecule has 2 atom stereocenters. The predicted octanol–water partition coefficient (Wildman–Crippen LogP) is 1.19. The third-order valence-electron chi connectivity index (χ3n) is 3.46. The molecule has 2 unspecified atom stereocenters. The van der Waals surface area contributed by atoms with Gasteiger partial charge >= 0.3 is 0 Å². The van der Waals surface area contributed by atoms with Crippen molar-refractivity contribution in [1.82, 2.24) is 9.88 Å². The third-order valence-corrected chi connectivity index (χ3v) is 3.46. The third kappa shape index (κ3) is 2.83. The highest BCUT2D eigenvalue weighted by molar-refractivity contribution is 5.16. The Kier molecular flexibility index (Phi) is 4.48. The number of aromatic nitrogens is 1. The first-order valence-electron chi connectivity index (χ1n) is 6.30. The molecule has 4 nitrogen and oxygen atoms in total. The van der Waals surface area contributed by atoms with Gasteiger partial charge in [-0.1, -0.05) is 6.92 Å². The van der Waals surface area contributed by atoms with E-state index in [0.29, 0.717) is 12.6 Å². The summed E-state index contributed by atoms with van der Waals surface area (Å²) in [4.78, 5) is 6.53. The van der Waals surface area contributed by atoms with E-state index in [9.17, 15) is 0 Å². The highest BCUT2D eigenvalue weighted by atomic mass is 16.5. The van der Waals surface area contributed by atoms with Crippen LogP contribution in [0.5, 0.6) is 0 Å². The maximum Gasteiger partial charge on any atom is 0.0622 e. The van der Waals surface area contributed by atoms with E-state index in [-0.39, 0.29) is 6.04 Å². The van der Waals surface area contributed by atoms with E-state index in [1.165, 1.54) is 5.56 Å². The van der Waals surface area contributed by atoms with Crippen molar-refractivity contribution >= 4 is 0 Å². The zero-order chi connectivity index (χ0) is 12.1. The molecule has 2 N–H and O–H groups in total. The number of hydrogen-bond acceptors (Lipinski definition) is 4. The molecule has 0 amide bonds. The van der Waals surface area contributed by atoms with Crippen LogP contribution < -0.4 is 5.73 Å². The summed E-state index contributed by atoms with van der Waals surface area (Å²) in [6, 6.07) is 4.87. The molecule has 1 aliphatic heterocycles. The van der Waals surface area contributed by atoms with Crippen molar-refractivity contribution < 1.29 is 4.74 Å². The molecule has 1 aromatic rings. The molecule has 4 heteroatoms. The first-order chi connectivity index (χ1) is 8.36. The Morgan fingerprint density at radius 3 is 2.94 bits per heavy atom. The van der Waals surface area contributed by atoms with E-state index >= 15 is 0 Å². The van der Waals surface area contributed by atoms with E-state index < -0.39 is 0 Å². The molecule has 0 spiro atoms. The average Bonchev–Trinajstić information content (AvgIpc) is 2.41. The lowest BCUT2D eigenvalue weighted by molar-refractivity contribution is -0.0291. The number of ether oxygens (including phenoxy) is 1. The van der Waals surface area contributed by atoms with Gasteiger partial charge in [-0.3, -0.25) is 9.88 Å². The molecule has 0 aliphatic carbocycles. The van der Waals surface area contributed by atoms with Gasteiger partial charge in [-0.25, -0.2) is 0 Å². The standard InChI is InChI=1S/C13H21N3O/c1-2-12-10-17-8-7-16(12)13(9-14)11-3-5-15-6-4-11/h3-6,12-13H,2,7-10,14H2,1H3. The highest BCUT2D eigenvalue weighted by Gasteiger charge is 2.28. The summed E-state index contributed by atoms with van der Waals surface area (Å²) in [5.74, 6) is 0. The predicted molar refractivity (Wildman–Crippen MR) is 67.6 cm³/mol. The molecular weight excluding hydrogens is 214 g/mol. The molecule has 2 heterocycles. The molecule has 2 rings (SSSR count). The van der Waals surface area contributed by atoms with Gasteiger partial charge < -0.3 is 10.5 Å². The summed E-state index contributed by atoms with van der Waals surface area (Å²) in [5.41, 5.74) is 7.20. The van der Waals surface area contributed by atoms with Gasteiger partial charge in [0.15, 0.2) is 0 Å². The van der Waals surface area contributed by atoms with Crippen LogP contribution >= 0.6 is 0 Å². The van der Waals surface area contributed by atoms with E-state index in [1.807, 2.05) is 12.4 Å². The first-order valence-corrected chi connectivity index (χ1v) is 6.30. The molecule has 1 fully saturated rings. The molecule has 0 bridgehead atoms. The van der Waals surface area contributed by atoms with Crippen molar-refractivity contribution in [2.45, 2.75) is 25.4 Å². The molecule has 1 saturated heterocycles. The van der Waals surface area contributed by atoms with E-state index in [1.54, 1.807) is 0 Å². The van der Waals surface area contributed by atoms with Crippen LogP contribution in [0.3, 0.4) is 0 Å². The second kappa shape index (κ2) is 6.10. The monoisotopic (exact) mass is 235 g/mol. The van der Waals surface area contributed by atoms with Gasteiger partial charge in [0.25, 0.3) is 0 Å². The van der Waals surface area contributed by atoms with Crippen LogP contribution in [0, 0.1) is 0 Å². The van der Waals surface area contributed by atoms with Gasteiger partial charge in [-0.2, -0.15) is 0 Å². The zero-order valence-corrected chi connectivity index (χ0v) is 10.4. The quantitative estimate of drug-likeness (QED) is 0.852. The molecule has 1 aliphatic rings. The van der Waals surface area contributed by atoms with Crippen LogP contribution in [0.4, 0.5) is 0 Å². The Morgan fingerprint density at radius 2 is 2.29 bits per heavy atom. The van der Waals surface area contributed by atoms with Crippen LogP contribution in [0.2, 0.25) is 0 Å². The minimum atomic E-state index is 0.284. The van der Waals surface area contributed by atoms with Gasteiger partial charge in [0.1, 0.15) is 0 Å². The lowest BCUT2D eigenvalue weighted by Gasteiger charge is -2.40. The van der Waals surface area contributed by atoms with Crippen LogP contribution in [0.25, 0.3) is 0 Å². The van der Waals surface area contributed by atoms with Gasteiger partial charge in [-0.15, -0.1) is 0 Å². The summed E-state index contributed by atoms with van der Waals surface area (Å²) >= 11 is 0. The highest BCUT2D eigenvalue weighted by Crippen LogP contribution is 2.24. The van der Waals surface area contributed by atoms with Gasteiger partial charge in [0, 0.05) is 37.6 Å². The minimum Gasteiger partial charge on any atom is -0.378 e. The first kappa shape index (κ1) is 12.5. The molecular formula is C13H21N3O. The van der Waals surface area contributed by atoms with Gasteiger partial charge in [0.2, 0.25) is 0 Å². The zero-order valence-electron chi connectivity index (χ0n) is 10.4. The maximum atomic E-state index is 5.95. The van der Waals surface area contributed by atoms with Crippen molar-refractivity contribution in [3.8, 4) is 0 Å². The van der Waals surface area contributed by atoms with Crippen molar-refractivity contribution in [3.63, 3.8) is 0 Å². The largest absolute Gasteiger partial charge is 0.378 e. The fraction of sp³-hybridized carbons (Fsp3) is 0.615. The number of hydrogen-bond donors (Lipinski definition) is 1. The van der Waals surface area contributed by atoms with Crippen molar-refractivity contribution in [2.75, 3.05) is 26.3 Å². The molecule has 94 valence electrons. The number of morpholine rings is 1. The van der Waals surface area contributed by atoms with Crippen LogP contribution in [-0.4, -0.2) is 42.2 Å². The molecule has 0 saturated carbocycles. The Balaban J connectivity index is 2.16. The fourth-order valence-electron chi connectivity index (χ4n) is 2.48. The van der Waals surface area contributed by atoms with Crippen molar-refractivity contribution in [2.24, 2.45) is 5.73 Å². The summed E-state index contributed by atoms with van der Waals surface area (Å²) in [7, 11) is 0. The Morgan fingerprint density at radius 1 is 1.53 bits per heavy atom. The average molecular weight is 235 g/mol. The van der Waals surface area contributed by atoms with Crippen LogP contribution in [0.15, 0.2) is 24.5 Å². The summed E-state index contributed by atoms with van der Waals surface area (Å²) in [6.45, 7) is 5.42. The lowest BCUT2D eigenvalue weighted by Crippen LogP contribution is -2.48. The topological polar surface area (TPSA) is 51.4 Å². The van der Waals surface area contributed by atoms with Crippen LogP contribution in [-0.2, 0) is 4.74 Å². The normalized spacial score (nSPS) is 23.5. The Labute approximate surface area is 103 Å².